The average Bonchev–Trinajstić information content (AvgIpc) is 3.37. The summed E-state index contributed by atoms with van der Waals surface area (Å²) in [5.74, 6) is 0.875. The summed E-state index contributed by atoms with van der Waals surface area (Å²) in [6.07, 6.45) is 9.09. The lowest BCUT2D eigenvalue weighted by molar-refractivity contribution is 0.0288. The Bertz CT molecular complexity index is 748. The summed E-state index contributed by atoms with van der Waals surface area (Å²) in [5, 5.41) is 4.37. The lowest BCUT2D eigenvalue weighted by Crippen LogP contribution is -2.42. The van der Waals surface area contributed by atoms with Crippen LogP contribution in [0.2, 0.25) is 0 Å². The molecule has 1 saturated carbocycles. The van der Waals surface area contributed by atoms with Crippen LogP contribution in [0.15, 0.2) is 23.1 Å². The van der Waals surface area contributed by atoms with E-state index in [1.165, 1.54) is 32.1 Å². The Kier molecular flexibility index (Phi) is 5.06. The van der Waals surface area contributed by atoms with Crippen molar-refractivity contribution in [1.29, 1.82) is 0 Å². The molecule has 0 bridgehead atoms. The first-order chi connectivity index (χ1) is 12.7. The van der Waals surface area contributed by atoms with Crippen molar-refractivity contribution in [2.24, 2.45) is 5.92 Å². The van der Waals surface area contributed by atoms with Crippen molar-refractivity contribution in [2.45, 2.75) is 58.2 Å². The molecule has 0 spiro atoms. The number of carbonyl (C=O) groups excluding carboxylic acids is 1. The zero-order valence-corrected chi connectivity index (χ0v) is 15.3. The first-order valence-corrected chi connectivity index (χ1v) is 9.52. The van der Waals surface area contributed by atoms with Gasteiger partial charge in [0.25, 0.3) is 5.91 Å². The van der Waals surface area contributed by atoms with Crippen LogP contribution in [-0.4, -0.2) is 44.8 Å². The number of nitrogens with zero attached hydrogens (tertiary/aromatic N) is 4. The molecule has 4 rings (SSSR count). The van der Waals surface area contributed by atoms with Crippen LogP contribution in [0.25, 0.3) is 0 Å². The Morgan fingerprint density at radius 3 is 2.92 bits per heavy atom. The second-order valence-electron chi connectivity index (χ2n) is 7.38. The molecule has 1 amide bonds. The topological polar surface area (TPSA) is 73.4 Å². The fourth-order valence-electron chi connectivity index (χ4n) is 4.02. The molecule has 3 heterocycles. The minimum atomic E-state index is -0.121. The molecule has 2 aliphatic rings. The van der Waals surface area contributed by atoms with Crippen LogP contribution in [-0.2, 0) is 17.8 Å². The third-order valence-corrected chi connectivity index (χ3v) is 5.59. The number of oxazole rings is 1. The predicted octanol–water partition coefficient (Wildman–Crippen LogP) is 2.80. The molecule has 1 atom stereocenters. The van der Waals surface area contributed by atoms with E-state index in [1.54, 1.807) is 13.1 Å². The van der Waals surface area contributed by atoms with E-state index in [4.69, 9.17) is 9.15 Å². The molecule has 2 aromatic heterocycles. The van der Waals surface area contributed by atoms with Gasteiger partial charge >= 0.3 is 0 Å². The van der Waals surface area contributed by atoms with Gasteiger partial charge in [-0.15, -0.1) is 0 Å². The number of fused-ring (bicyclic) bond motifs is 1. The number of amides is 1. The Morgan fingerprint density at radius 2 is 2.15 bits per heavy atom. The molecule has 1 fully saturated rings. The summed E-state index contributed by atoms with van der Waals surface area (Å²) >= 11 is 0. The molecule has 1 aliphatic heterocycles. The molecule has 7 nitrogen and oxygen atoms in total. The Balaban J connectivity index is 1.49. The maximum Gasteiger partial charge on any atom is 0.292 e. The molecule has 7 heteroatoms. The van der Waals surface area contributed by atoms with E-state index in [9.17, 15) is 4.79 Å². The molecule has 26 heavy (non-hydrogen) atoms. The molecule has 0 radical (unpaired) electrons. The largest absolute Gasteiger partial charge is 0.438 e. The fraction of sp³-hybridized carbons (Fsp3) is 0.632. The summed E-state index contributed by atoms with van der Waals surface area (Å²) in [6.45, 7) is 4.45. The Morgan fingerprint density at radius 1 is 1.31 bits per heavy atom. The molecule has 0 saturated heterocycles. The van der Waals surface area contributed by atoms with Gasteiger partial charge in [-0.25, -0.2) is 4.98 Å². The maximum absolute atomic E-state index is 13.1. The van der Waals surface area contributed by atoms with Crippen LogP contribution >= 0.6 is 0 Å². The Hall–Kier alpha value is -2.15. The SMILES string of the molecule is Cc1ncoc1C(=O)N1Cc2ccnn2CC[C@H]1COCC1CCCC1. The van der Waals surface area contributed by atoms with Gasteiger partial charge in [0, 0.05) is 19.3 Å². The third kappa shape index (κ3) is 3.53. The van der Waals surface area contributed by atoms with E-state index in [-0.39, 0.29) is 11.9 Å². The van der Waals surface area contributed by atoms with Crippen LogP contribution in [0.4, 0.5) is 0 Å². The van der Waals surface area contributed by atoms with E-state index in [0.717, 1.165) is 25.3 Å². The van der Waals surface area contributed by atoms with E-state index in [2.05, 4.69) is 10.1 Å². The zero-order valence-electron chi connectivity index (χ0n) is 15.3. The summed E-state index contributed by atoms with van der Waals surface area (Å²) in [4.78, 5) is 19.0. The minimum Gasteiger partial charge on any atom is -0.438 e. The van der Waals surface area contributed by atoms with Crippen LogP contribution in [0, 0.1) is 12.8 Å². The number of hydrogen-bond acceptors (Lipinski definition) is 5. The van der Waals surface area contributed by atoms with Gasteiger partial charge in [-0.05, 0) is 38.2 Å². The zero-order chi connectivity index (χ0) is 17.9. The second kappa shape index (κ2) is 7.61. The molecule has 2 aromatic rings. The van der Waals surface area contributed by atoms with Crippen molar-refractivity contribution in [1.82, 2.24) is 19.7 Å². The number of carbonyl (C=O) groups is 1. The lowest BCUT2D eigenvalue weighted by atomic mass is 10.1. The van der Waals surface area contributed by atoms with Gasteiger partial charge in [0.1, 0.15) is 0 Å². The van der Waals surface area contributed by atoms with E-state index < -0.39 is 0 Å². The fourth-order valence-corrected chi connectivity index (χ4v) is 4.02. The van der Waals surface area contributed by atoms with Crippen molar-refractivity contribution in [3.63, 3.8) is 0 Å². The van der Waals surface area contributed by atoms with Gasteiger partial charge in [-0.2, -0.15) is 5.10 Å². The van der Waals surface area contributed by atoms with Crippen molar-refractivity contribution in [2.75, 3.05) is 13.2 Å². The number of aromatic nitrogens is 3. The van der Waals surface area contributed by atoms with E-state index in [0.29, 0.717) is 30.5 Å². The highest BCUT2D eigenvalue weighted by Gasteiger charge is 2.31. The third-order valence-electron chi connectivity index (χ3n) is 5.59. The van der Waals surface area contributed by atoms with Crippen molar-refractivity contribution < 1.29 is 13.9 Å². The molecule has 1 aliphatic carbocycles. The van der Waals surface area contributed by atoms with Gasteiger partial charge in [0.15, 0.2) is 6.39 Å². The minimum absolute atomic E-state index is 0.00935. The molecule has 0 N–H and O–H groups in total. The molecular weight excluding hydrogens is 332 g/mol. The quantitative estimate of drug-likeness (QED) is 0.822. The second-order valence-corrected chi connectivity index (χ2v) is 7.38. The van der Waals surface area contributed by atoms with Crippen LogP contribution in [0.5, 0.6) is 0 Å². The van der Waals surface area contributed by atoms with Gasteiger partial charge in [-0.1, -0.05) is 12.8 Å². The van der Waals surface area contributed by atoms with Crippen LogP contribution < -0.4 is 0 Å². The van der Waals surface area contributed by atoms with Gasteiger partial charge in [0.05, 0.1) is 30.6 Å². The first-order valence-electron chi connectivity index (χ1n) is 9.52. The summed E-state index contributed by atoms with van der Waals surface area (Å²) in [7, 11) is 0. The number of hydrogen-bond donors (Lipinski definition) is 0. The van der Waals surface area contributed by atoms with Crippen LogP contribution in [0.1, 0.15) is 54.0 Å². The van der Waals surface area contributed by atoms with Crippen LogP contribution in [0.3, 0.4) is 0 Å². The van der Waals surface area contributed by atoms with Gasteiger partial charge in [0.2, 0.25) is 5.76 Å². The number of aryl methyl sites for hydroxylation is 2. The number of rotatable bonds is 5. The molecule has 140 valence electrons. The lowest BCUT2D eigenvalue weighted by Gasteiger charge is -2.29. The van der Waals surface area contributed by atoms with E-state index in [1.807, 2.05) is 15.6 Å². The smallest absolute Gasteiger partial charge is 0.292 e. The van der Waals surface area contributed by atoms with Gasteiger partial charge < -0.3 is 14.1 Å². The molecule has 0 aromatic carbocycles. The monoisotopic (exact) mass is 358 g/mol. The first kappa shape index (κ1) is 17.3. The standard InChI is InChI=1S/C19H26N4O3/c1-14-18(26-13-20-14)19(24)22-10-16-6-8-21-23(16)9-7-17(22)12-25-11-15-4-2-3-5-15/h6,8,13,15,17H,2-5,7,9-12H2,1H3/t17-/m0/s1. The number of ether oxygens (including phenoxy) is 1. The highest BCUT2D eigenvalue weighted by molar-refractivity contribution is 5.92. The maximum atomic E-state index is 13.1. The van der Waals surface area contributed by atoms with Crippen molar-refractivity contribution >= 4 is 5.91 Å². The normalized spacial score (nSPS) is 21.0. The van der Waals surface area contributed by atoms with Crippen molar-refractivity contribution in [3.05, 3.63) is 35.8 Å². The highest BCUT2D eigenvalue weighted by Crippen LogP contribution is 2.26. The highest BCUT2D eigenvalue weighted by atomic mass is 16.5. The summed E-state index contributed by atoms with van der Waals surface area (Å²) in [6, 6.07) is 1.98. The molecule has 0 unspecified atom stereocenters. The van der Waals surface area contributed by atoms with Gasteiger partial charge in [-0.3, -0.25) is 9.48 Å². The molecular formula is C19H26N4O3. The van der Waals surface area contributed by atoms with Crippen molar-refractivity contribution in [3.8, 4) is 0 Å². The average molecular weight is 358 g/mol. The van der Waals surface area contributed by atoms with E-state index >= 15 is 0 Å². The Labute approximate surface area is 153 Å². The summed E-state index contributed by atoms with van der Waals surface area (Å²) < 4.78 is 13.4. The predicted molar refractivity (Wildman–Crippen MR) is 94.5 cm³/mol. The summed E-state index contributed by atoms with van der Waals surface area (Å²) in [5.41, 5.74) is 1.66.